The predicted molar refractivity (Wildman–Crippen MR) is 49.7 cm³/mol. The van der Waals surface area contributed by atoms with Gasteiger partial charge in [-0.3, -0.25) is 5.32 Å². The summed E-state index contributed by atoms with van der Waals surface area (Å²) in [4.78, 5) is 0. The molecule has 0 spiro atoms. The molecule has 0 fully saturated rings. The summed E-state index contributed by atoms with van der Waals surface area (Å²) >= 11 is 3.46. The zero-order valence-electron chi connectivity index (χ0n) is 6.13. The molecule has 55 valence electrons. The van der Waals surface area contributed by atoms with Gasteiger partial charge >= 0.3 is 0 Å². The summed E-state index contributed by atoms with van der Waals surface area (Å²) in [7, 11) is 0. The van der Waals surface area contributed by atoms with E-state index in [4.69, 9.17) is 0 Å². The summed E-state index contributed by atoms with van der Waals surface area (Å²) in [5.74, 6) is 0. The van der Waals surface area contributed by atoms with Gasteiger partial charge in [0.1, 0.15) is 0 Å². The fourth-order valence-corrected chi connectivity index (χ4v) is 1.47. The lowest BCUT2D eigenvalue weighted by Crippen LogP contribution is -1.84. The van der Waals surface area contributed by atoms with E-state index < -0.39 is 0 Å². The van der Waals surface area contributed by atoms with Gasteiger partial charge in [-0.2, -0.15) is 0 Å². The Kier molecular flexibility index (Phi) is 1.50. The minimum absolute atomic E-state index is 1.06. The van der Waals surface area contributed by atoms with Crippen molar-refractivity contribution in [3.8, 4) is 0 Å². The van der Waals surface area contributed by atoms with E-state index in [-0.39, 0.29) is 0 Å². The van der Waals surface area contributed by atoms with Gasteiger partial charge in [-0.15, -0.1) is 0 Å². The third-order valence-corrected chi connectivity index (χ3v) is 2.63. The van der Waals surface area contributed by atoms with E-state index in [2.05, 4.69) is 34.2 Å². The molecule has 0 bridgehead atoms. The topological polar surface area (TPSA) is 14.1 Å². The van der Waals surface area contributed by atoms with Crippen LogP contribution in [0.3, 0.4) is 0 Å². The first-order chi connectivity index (χ1) is 5.27. The summed E-state index contributed by atoms with van der Waals surface area (Å²) < 4.78 is 1.13. The lowest BCUT2D eigenvalue weighted by Gasteiger charge is -2.01. The Bertz CT molecular complexity index is 329. The highest BCUT2D eigenvalue weighted by Gasteiger charge is 2.07. The van der Waals surface area contributed by atoms with Crippen molar-refractivity contribution in [2.24, 2.45) is 0 Å². The number of halogens is 1. The fraction of sp³-hybridized carbons (Fsp3) is 0.111. The molecule has 1 aliphatic heterocycles. The Morgan fingerprint density at radius 3 is 3.00 bits per heavy atom. The highest BCUT2D eigenvalue weighted by atomic mass is 79.9. The third kappa shape index (κ3) is 1.07. The highest BCUT2D eigenvalue weighted by Crippen LogP contribution is 2.29. The number of fused-ring (bicyclic) bond motifs is 1. The summed E-state index contributed by atoms with van der Waals surface area (Å²) in [5.41, 5.74) is 3.53. The minimum Gasteiger partial charge on any atom is -0.256 e. The van der Waals surface area contributed by atoms with Crippen LogP contribution in [0, 0.1) is 6.92 Å². The van der Waals surface area contributed by atoms with E-state index in [0.29, 0.717) is 0 Å². The zero-order valence-corrected chi connectivity index (χ0v) is 7.72. The largest absolute Gasteiger partial charge is 0.256 e. The SMILES string of the molecule is Cc1cc2c(cc1Br)[N]C=C2. The van der Waals surface area contributed by atoms with Gasteiger partial charge in [0.25, 0.3) is 0 Å². The third-order valence-electron chi connectivity index (χ3n) is 1.78. The van der Waals surface area contributed by atoms with Crippen LogP contribution in [0.1, 0.15) is 11.1 Å². The number of nitrogens with zero attached hydrogens (tertiary/aromatic N) is 1. The van der Waals surface area contributed by atoms with E-state index >= 15 is 0 Å². The second-order valence-electron chi connectivity index (χ2n) is 2.61. The molecule has 0 unspecified atom stereocenters. The molecular weight excluding hydrogens is 202 g/mol. The van der Waals surface area contributed by atoms with Crippen LogP contribution in [-0.4, -0.2) is 0 Å². The fourth-order valence-electron chi connectivity index (χ4n) is 1.14. The lowest BCUT2D eigenvalue weighted by atomic mass is 10.1. The maximum atomic E-state index is 4.19. The molecule has 2 rings (SSSR count). The van der Waals surface area contributed by atoms with Crippen LogP contribution in [0.2, 0.25) is 0 Å². The highest BCUT2D eigenvalue weighted by molar-refractivity contribution is 9.10. The molecule has 0 aliphatic carbocycles. The molecule has 1 aromatic rings. The van der Waals surface area contributed by atoms with Gasteiger partial charge in [0, 0.05) is 16.2 Å². The van der Waals surface area contributed by atoms with E-state index in [1.165, 1.54) is 11.1 Å². The van der Waals surface area contributed by atoms with Crippen LogP contribution >= 0.6 is 15.9 Å². The van der Waals surface area contributed by atoms with Crippen LogP contribution in [-0.2, 0) is 0 Å². The van der Waals surface area contributed by atoms with Gasteiger partial charge in [0.05, 0.1) is 5.69 Å². The Morgan fingerprint density at radius 2 is 2.18 bits per heavy atom. The molecule has 0 amide bonds. The maximum Gasteiger partial charge on any atom is 0.0713 e. The second kappa shape index (κ2) is 2.38. The Balaban J connectivity index is 2.63. The van der Waals surface area contributed by atoms with Crippen LogP contribution in [0.25, 0.3) is 6.08 Å². The monoisotopic (exact) mass is 208 g/mol. The van der Waals surface area contributed by atoms with E-state index in [1.807, 2.05) is 18.3 Å². The quantitative estimate of drug-likeness (QED) is 0.623. The zero-order chi connectivity index (χ0) is 7.84. The first-order valence-corrected chi connectivity index (χ1v) is 4.24. The van der Waals surface area contributed by atoms with Gasteiger partial charge in [-0.1, -0.05) is 15.9 Å². The molecule has 1 aromatic carbocycles. The van der Waals surface area contributed by atoms with Gasteiger partial charge in [0.15, 0.2) is 0 Å². The van der Waals surface area contributed by atoms with Crippen molar-refractivity contribution in [2.45, 2.75) is 6.92 Å². The maximum absolute atomic E-state index is 4.19. The Labute approximate surface area is 74.2 Å². The number of rotatable bonds is 0. The van der Waals surface area contributed by atoms with Gasteiger partial charge in [-0.05, 0) is 30.7 Å². The van der Waals surface area contributed by atoms with Gasteiger partial charge < -0.3 is 0 Å². The molecule has 1 aliphatic rings. The first kappa shape index (κ1) is 6.92. The van der Waals surface area contributed by atoms with Crippen LogP contribution < -0.4 is 5.32 Å². The number of hydrogen-bond donors (Lipinski definition) is 0. The first-order valence-electron chi connectivity index (χ1n) is 3.45. The van der Waals surface area contributed by atoms with E-state index in [1.54, 1.807) is 0 Å². The normalized spacial score (nSPS) is 12.9. The molecule has 0 saturated heterocycles. The van der Waals surface area contributed by atoms with Crippen molar-refractivity contribution >= 4 is 27.7 Å². The van der Waals surface area contributed by atoms with Crippen molar-refractivity contribution in [3.05, 3.63) is 33.9 Å². The summed E-state index contributed by atoms with van der Waals surface area (Å²) in [6.07, 6.45) is 3.85. The molecule has 0 atom stereocenters. The van der Waals surface area contributed by atoms with Crippen molar-refractivity contribution in [1.29, 1.82) is 0 Å². The lowest BCUT2D eigenvalue weighted by molar-refractivity contribution is 1.21. The standard InChI is InChI=1S/C9H7BrN/c1-6-4-7-2-3-11-9(7)5-8(6)10/h2-5H,1H3. The van der Waals surface area contributed by atoms with Crippen molar-refractivity contribution in [3.63, 3.8) is 0 Å². The minimum atomic E-state index is 1.06. The Hall–Kier alpha value is -0.760. The molecule has 1 heterocycles. The molecule has 1 nitrogen and oxygen atoms in total. The van der Waals surface area contributed by atoms with Gasteiger partial charge in [-0.25, -0.2) is 0 Å². The second-order valence-corrected chi connectivity index (χ2v) is 3.46. The molecule has 1 radical (unpaired) electrons. The van der Waals surface area contributed by atoms with Crippen LogP contribution in [0.4, 0.5) is 5.69 Å². The van der Waals surface area contributed by atoms with Gasteiger partial charge in [0.2, 0.25) is 0 Å². The number of aryl methyl sites for hydroxylation is 1. The summed E-state index contributed by atoms with van der Waals surface area (Å²) in [5, 5.41) is 4.19. The molecule has 11 heavy (non-hydrogen) atoms. The number of hydrogen-bond acceptors (Lipinski definition) is 0. The molecule has 0 aromatic heterocycles. The van der Waals surface area contributed by atoms with E-state index in [0.717, 1.165) is 10.2 Å². The summed E-state index contributed by atoms with van der Waals surface area (Å²) in [6.45, 7) is 2.08. The summed E-state index contributed by atoms with van der Waals surface area (Å²) in [6, 6.07) is 4.18. The van der Waals surface area contributed by atoms with Crippen molar-refractivity contribution in [1.82, 2.24) is 5.32 Å². The Morgan fingerprint density at radius 1 is 1.36 bits per heavy atom. The van der Waals surface area contributed by atoms with Crippen molar-refractivity contribution in [2.75, 3.05) is 0 Å². The van der Waals surface area contributed by atoms with Crippen molar-refractivity contribution < 1.29 is 0 Å². The molecular formula is C9H7BrN. The average molecular weight is 209 g/mol. The predicted octanol–water partition coefficient (Wildman–Crippen LogP) is 2.98. The average Bonchev–Trinajstić information content (AvgIpc) is 2.36. The van der Waals surface area contributed by atoms with E-state index in [9.17, 15) is 0 Å². The molecule has 0 N–H and O–H groups in total. The van der Waals surface area contributed by atoms with Crippen LogP contribution in [0.5, 0.6) is 0 Å². The molecule has 0 saturated carbocycles. The number of benzene rings is 1. The smallest absolute Gasteiger partial charge is 0.0713 e. The van der Waals surface area contributed by atoms with Crippen LogP contribution in [0.15, 0.2) is 22.8 Å². The molecule has 2 heteroatoms.